The van der Waals surface area contributed by atoms with Crippen molar-refractivity contribution < 1.29 is 4.74 Å². The number of rotatable bonds is 5. The lowest BCUT2D eigenvalue weighted by molar-refractivity contribution is 0.286. The molecule has 0 N–H and O–H groups in total. The molecule has 4 heteroatoms. The molecule has 0 atom stereocenters. The number of nitrogens with zero attached hydrogens (tertiary/aromatic N) is 3. The van der Waals surface area contributed by atoms with E-state index >= 15 is 0 Å². The Morgan fingerprint density at radius 3 is 2.78 bits per heavy atom. The third-order valence-corrected chi connectivity index (χ3v) is 5.03. The minimum absolute atomic E-state index is 0.606. The van der Waals surface area contributed by atoms with Gasteiger partial charge in [0.2, 0.25) is 0 Å². The van der Waals surface area contributed by atoms with E-state index in [1.807, 2.05) is 18.3 Å². The maximum Gasteiger partial charge on any atom is 0.138 e. The molecule has 0 spiro atoms. The molecule has 0 aliphatic heterocycles. The van der Waals surface area contributed by atoms with Crippen molar-refractivity contribution in [3.63, 3.8) is 0 Å². The highest BCUT2D eigenvalue weighted by atomic mass is 16.5. The predicted octanol–water partition coefficient (Wildman–Crippen LogP) is 4.41. The molecule has 2 aliphatic carbocycles. The molecule has 0 bridgehead atoms. The lowest BCUT2D eigenvalue weighted by Crippen LogP contribution is -2.21. The molecule has 0 aromatic carbocycles. The second kappa shape index (κ2) is 6.57. The Morgan fingerprint density at radius 2 is 2.00 bits per heavy atom. The van der Waals surface area contributed by atoms with Crippen LogP contribution in [-0.2, 0) is 0 Å². The van der Waals surface area contributed by atoms with Gasteiger partial charge in [-0.05, 0) is 74.3 Å². The molecule has 2 aromatic heterocycles. The monoisotopic (exact) mass is 309 g/mol. The fourth-order valence-electron chi connectivity index (χ4n) is 3.51. The molecule has 2 aliphatic rings. The summed E-state index contributed by atoms with van der Waals surface area (Å²) in [6, 6.07) is 6.67. The highest BCUT2D eigenvalue weighted by Crippen LogP contribution is 2.37. The van der Waals surface area contributed by atoms with Crippen molar-refractivity contribution in [2.24, 2.45) is 0 Å². The summed E-state index contributed by atoms with van der Waals surface area (Å²) in [6.07, 6.45) is 14.2. The fourth-order valence-corrected chi connectivity index (χ4v) is 3.51. The van der Waals surface area contributed by atoms with Gasteiger partial charge in [-0.2, -0.15) is 5.10 Å². The molecule has 4 rings (SSSR count). The van der Waals surface area contributed by atoms with Gasteiger partial charge in [0.1, 0.15) is 12.4 Å². The second-order valence-corrected chi connectivity index (χ2v) is 6.51. The smallest absolute Gasteiger partial charge is 0.138 e. The minimum atomic E-state index is 0.606. The van der Waals surface area contributed by atoms with Crippen LogP contribution in [0.5, 0.6) is 5.75 Å². The summed E-state index contributed by atoms with van der Waals surface area (Å²) >= 11 is 0. The number of hydrogen-bond donors (Lipinski definition) is 0. The fraction of sp³-hybridized carbons (Fsp3) is 0.474. The summed E-state index contributed by atoms with van der Waals surface area (Å²) in [7, 11) is 0. The molecule has 0 amide bonds. The Hall–Kier alpha value is -2.10. The van der Waals surface area contributed by atoms with E-state index in [1.54, 1.807) is 12.4 Å². The van der Waals surface area contributed by atoms with Crippen molar-refractivity contribution in [1.82, 2.24) is 14.8 Å². The number of hydrogen-bond acceptors (Lipinski definition) is 3. The van der Waals surface area contributed by atoms with E-state index in [9.17, 15) is 0 Å². The number of ether oxygens (including phenoxy) is 1. The average molecular weight is 309 g/mol. The van der Waals surface area contributed by atoms with Crippen LogP contribution in [0.4, 0.5) is 0 Å². The Bertz CT molecular complexity index is 686. The van der Waals surface area contributed by atoms with Crippen LogP contribution in [0.2, 0.25) is 0 Å². The van der Waals surface area contributed by atoms with E-state index in [0.29, 0.717) is 12.6 Å². The summed E-state index contributed by atoms with van der Waals surface area (Å²) in [4.78, 5) is 4.12. The summed E-state index contributed by atoms with van der Waals surface area (Å²) in [5, 5.41) is 4.60. The summed E-state index contributed by atoms with van der Waals surface area (Å²) in [5.41, 5.74) is 4.21. The van der Waals surface area contributed by atoms with Gasteiger partial charge in [-0.3, -0.25) is 9.67 Å². The average Bonchev–Trinajstić information content (AvgIpc) is 3.01. The number of aromatic nitrogens is 3. The van der Waals surface area contributed by atoms with Crippen molar-refractivity contribution in [3.05, 3.63) is 48.1 Å². The van der Waals surface area contributed by atoms with E-state index in [1.165, 1.54) is 48.9 Å². The molecular weight excluding hydrogens is 286 g/mol. The second-order valence-electron chi connectivity index (χ2n) is 6.51. The van der Waals surface area contributed by atoms with Gasteiger partial charge in [-0.15, -0.1) is 0 Å². The molecular formula is C19H23N3O. The maximum absolute atomic E-state index is 5.96. The Balaban J connectivity index is 1.58. The third-order valence-electron chi connectivity index (χ3n) is 5.03. The summed E-state index contributed by atoms with van der Waals surface area (Å²) in [5.74, 6) is 0.845. The summed E-state index contributed by atoms with van der Waals surface area (Å²) in [6.45, 7) is 0.664. The number of allylic oxidation sites excluding steroid dienone is 1. The van der Waals surface area contributed by atoms with Crippen molar-refractivity contribution in [2.45, 2.75) is 51.0 Å². The van der Waals surface area contributed by atoms with E-state index in [2.05, 4.69) is 20.8 Å². The van der Waals surface area contributed by atoms with Crippen molar-refractivity contribution in [2.75, 3.05) is 6.61 Å². The van der Waals surface area contributed by atoms with Crippen LogP contribution < -0.4 is 4.74 Å². The van der Waals surface area contributed by atoms with Crippen LogP contribution in [0, 0.1) is 0 Å². The Morgan fingerprint density at radius 1 is 1.09 bits per heavy atom. The summed E-state index contributed by atoms with van der Waals surface area (Å²) < 4.78 is 8.22. The van der Waals surface area contributed by atoms with Gasteiger partial charge in [0.25, 0.3) is 0 Å². The molecule has 0 unspecified atom stereocenters. The number of pyridine rings is 1. The normalized spacial score (nSPS) is 18.8. The highest BCUT2D eigenvalue weighted by Gasteiger charge is 2.25. The molecule has 1 saturated carbocycles. The van der Waals surface area contributed by atoms with Gasteiger partial charge in [0, 0.05) is 12.4 Å². The highest BCUT2D eigenvalue weighted by molar-refractivity contribution is 5.67. The van der Waals surface area contributed by atoms with Crippen molar-refractivity contribution >= 4 is 5.57 Å². The molecule has 2 heterocycles. The minimum Gasteiger partial charge on any atom is -0.488 e. The van der Waals surface area contributed by atoms with Crippen LogP contribution in [0.15, 0.2) is 42.4 Å². The lowest BCUT2D eigenvalue weighted by atomic mass is 9.88. The van der Waals surface area contributed by atoms with Crippen molar-refractivity contribution in [1.29, 1.82) is 0 Å². The van der Waals surface area contributed by atoms with Crippen LogP contribution in [0.1, 0.15) is 56.7 Å². The zero-order valence-corrected chi connectivity index (χ0v) is 13.4. The van der Waals surface area contributed by atoms with Gasteiger partial charge in [0.05, 0.1) is 17.9 Å². The molecule has 1 fully saturated rings. The Kier molecular flexibility index (Phi) is 4.14. The van der Waals surface area contributed by atoms with Crippen LogP contribution >= 0.6 is 0 Å². The molecule has 4 nitrogen and oxygen atoms in total. The zero-order chi connectivity index (χ0) is 15.5. The van der Waals surface area contributed by atoms with Crippen LogP contribution in [-0.4, -0.2) is 21.4 Å². The van der Waals surface area contributed by atoms with Gasteiger partial charge in [-0.25, -0.2) is 0 Å². The molecule has 0 saturated heterocycles. The third kappa shape index (κ3) is 3.03. The largest absolute Gasteiger partial charge is 0.488 e. The molecule has 23 heavy (non-hydrogen) atoms. The quantitative estimate of drug-likeness (QED) is 0.821. The molecule has 0 radical (unpaired) electrons. The topological polar surface area (TPSA) is 39.9 Å². The first-order valence-electron chi connectivity index (χ1n) is 8.69. The van der Waals surface area contributed by atoms with E-state index in [-0.39, 0.29) is 0 Å². The van der Waals surface area contributed by atoms with Crippen molar-refractivity contribution in [3.8, 4) is 5.75 Å². The van der Waals surface area contributed by atoms with E-state index in [4.69, 9.17) is 4.74 Å². The Labute approximate surface area is 137 Å². The van der Waals surface area contributed by atoms with E-state index in [0.717, 1.165) is 18.6 Å². The zero-order valence-electron chi connectivity index (χ0n) is 13.4. The van der Waals surface area contributed by atoms with Gasteiger partial charge in [-0.1, -0.05) is 0 Å². The van der Waals surface area contributed by atoms with Crippen LogP contribution in [0.3, 0.4) is 0 Å². The van der Waals surface area contributed by atoms with Crippen LogP contribution in [0.25, 0.3) is 5.57 Å². The first kappa shape index (κ1) is 14.5. The first-order valence-corrected chi connectivity index (χ1v) is 8.69. The van der Waals surface area contributed by atoms with Gasteiger partial charge < -0.3 is 4.74 Å². The first-order chi connectivity index (χ1) is 11.4. The van der Waals surface area contributed by atoms with E-state index < -0.39 is 0 Å². The maximum atomic E-state index is 5.96. The predicted molar refractivity (Wildman–Crippen MR) is 90.2 cm³/mol. The molecule has 2 aromatic rings. The van der Waals surface area contributed by atoms with Gasteiger partial charge >= 0.3 is 0 Å². The van der Waals surface area contributed by atoms with Gasteiger partial charge in [0.15, 0.2) is 0 Å². The molecule has 120 valence electrons. The lowest BCUT2D eigenvalue weighted by Gasteiger charge is -2.29. The standard InChI is InChI=1S/C19H23N3O/c1-2-9-18(19-10-12-21-22(19)16-6-3-7-16)15(5-1)14-23-17-8-4-11-20-13-17/h4,8,10-13,16H,1-3,5-7,9,14H2. The SMILES string of the molecule is c1cncc(OCC2=C(c3ccnn3C3CCC3)CCCC2)c1.